The van der Waals surface area contributed by atoms with Crippen LogP contribution >= 0.6 is 0 Å². The molecule has 4 heteroatoms. The predicted molar refractivity (Wildman–Crippen MR) is 39.8 cm³/mol. The molecule has 0 saturated carbocycles. The first-order valence-corrected chi connectivity index (χ1v) is 3.36. The monoisotopic (exact) mass is 159 g/mol. The van der Waals surface area contributed by atoms with Gasteiger partial charge in [-0.3, -0.25) is 9.59 Å². The molecule has 64 valence electrons. The van der Waals surface area contributed by atoms with Gasteiger partial charge >= 0.3 is 5.97 Å². The number of hydrogen-bond donors (Lipinski definition) is 2. The van der Waals surface area contributed by atoms with E-state index in [2.05, 4.69) is 0 Å². The van der Waals surface area contributed by atoms with E-state index in [1.165, 1.54) is 6.92 Å². The molecule has 0 saturated heterocycles. The summed E-state index contributed by atoms with van der Waals surface area (Å²) in [7, 11) is 0. The molecule has 0 radical (unpaired) electrons. The maximum Gasteiger partial charge on any atom is 0.319 e. The number of rotatable bonds is 3. The van der Waals surface area contributed by atoms with Gasteiger partial charge in [-0.25, -0.2) is 0 Å². The number of primary amides is 1. The van der Waals surface area contributed by atoms with Crippen molar-refractivity contribution in [2.45, 2.75) is 20.8 Å². The Morgan fingerprint density at radius 2 is 1.82 bits per heavy atom. The molecule has 0 aromatic heterocycles. The van der Waals surface area contributed by atoms with E-state index in [0.717, 1.165) is 0 Å². The fourth-order valence-electron chi connectivity index (χ4n) is 0.637. The van der Waals surface area contributed by atoms with Crippen LogP contribution in [-0.4, -0.2) is 17.0 Å². The molecule has 0 aliphatic carbocycles. The zero-order valence-corrected chi connectivity index (χ0v) is 6.92. The summed E-state index contributed by atoms with van der Waals surface area (Å²) in [5.74, 6) is -2.25. The van der Waals surface area contributed by atoms with Crippen molar-refractivity contribution in [3.63, 3.8) is 0 Å². The van der Waals surface area contributed by atoms with Crippen molar-refractivity contribution < 1.29 is 14.7 Å². The van der Waals surface area contributed by atoms with Crippen LogP contribution in [0.15, 0.2) is 0 Å². The molecule has 0 aliphatic rings. The van der Waals surface area contributed by atoms with Gasteiger partial charge in [0.2, 0.25) is 5.91 Å². The van der Waals surface area contributed by atoms with Gasteiger partial charge in [-0.1, -0.05) is 13.8 Å². The number of amides is 1. The quantitative estimate of drug-likeness (QED) is 0.578. The Morgan fingerprint density at radius 1 is 1.45 bits per heavy atom. The van der Waals surface area contributed by atoms with Crippen molar-refractivity contribution in [3.8, 4) is 0 Å². The SMILES string of the molecule is CC(C)[C@@](C)(C(N)=O)C(=O)O. The molecule has 0 spiro atoms. The van der Waals surface area contributed by atoms with Crippen molar-refractivity contribution in [1.82, 2.24) is 0 Å². The number of carbonyl (C=O) groups excluding carboxylic acids is 1. The van der Waals surface area contributed by atoms with Crippen LogP contribution in [0.25, 0.3) is 0 Å². The molecular formula is C7H13NO3. The predicted octanol–water partition coefficient (Wildman–Crippen LogP) is 0.219. The lowest BCUT2D eigenvalue weighted by Gasteiger charge is -2.24. The third-order valence-corrected chi connectivity index (χ3v) is 2.11. The fraction of sp³-hybridized carbons (Fsp3) is 0.714. The number of carboxylic acid groups (broad SMARTS) is 1. The minimum absolute atomic E-state index is 0.294. The molecular weight excluding hydrogens is 146 g/mol. The van der Waals surface area contributed by atoms with Gasteiger partial charge in [0.1, 0.15) is 5.41 Å². The Bertz CT molecular complexity index is 172. The average molecular weight is 159 g/mol. The lowest BCUT2D eigenvalue weighted by molar-refractivity contribution is -0.156. The Hall–Kier alpha value is -1.06. The van der Waals surface area contributed by atoms with E-state index in [4.69, 9.17) is 10.8 Å². The van der Waals surface area contributed by atoms with Gasteiger partial charge in [0.05, 0.1) is 0 Å². The lowest BCUT2D eigenvalue weighted by atomic mass is 9.78. The average Bonchev–Trinajstić information content (AvgIpc) is 1.84. The molecule has 0 unspecified atom stereocenters. The highest BCUT2D eigenvalue weighted by molar-refractivity contribution is 6.00. The molecule has 1 atom stereocenters. The van der Waals surface area contributed by atoms with Gasteiger partial charge < -0.3 is 10.8 Å². The summed E-state index contributed by atoms with van der Waals surface area (Å²) in [5, 5.41) is 8.67. The molecule has 4 nitrogen and oxygen atoms in total. The first kappa shape index (κ1) is 9.94. The normalized spacial score (nSPS) is 16.0. The molecule has 11 heavy (non-hydrogen) atoms. The second-order valence-electron chi connectivity index (χ2n) is 3.03. The summed E-state index contributed by atoms with van der Waals surface area (Å²) >= 11 is 0. The summed E-state index contributed by atoms with van der Waals surface area (Å²) < 4.78 is 0. The number of carbonyl (C=O) groups is 2. The van der Waals surface area contributed by atoms with E-state index in [1.54, 1.807) is 13.8 Å². The van der Waals surface area contributed by atoms with Gasteiger partial charge in [-0.2, -0.15) is 0 Å². The molecule has 0 aromatic rings. The van der Waals surface area contributed by atoms with E-state index in [9.17, 15) is 9.59 Å². The molecule has 0 aromatic carbocycles. The smallest absolute Gasteiger partial charge is 0.319 e. The molecule has 0 fully saturated rings. The summed E-state index contributed by atoms with van der Waals surface area (Å²) in [4.78, 5) is 21.3. The van der Waals surface area contributed by atoms with Crippen LogP contribution in [0.2, 0.25) is 0 Å². The van der Waals surface area contributed by atoms with E-state index in [-0.39, 0.29) is 5.92 Å². The highest BCUT2D eigenvalue weighted by Gasteiger charge is 2.42. The largest absolute Gasteiger partial charge is 0.480 e. The van der Waals surface area contributed by atoms with Crippen molar-refractivity contribution in [3.05, 3.63) is 0 Å². The van der Waals surface area contributed by atoms with E-state index in [1.807, 2.05) is 0 Å². The second kappa shape index (κ2) is 2.90. The van der Waals surface area contributed by atoms with E-state index >= 15 is 0 Å². The molecule has 1 amide bonds. The molecule has 0 rings (SSSR count). The van der Waals surface area contributed by atoms with Crippen LogP contribution in [0.5, 0.6) is 0 Å². The molecule has 3 N–H and O–H groups in total. The standard InChI is InChI=1S/C7H13NO3/c1-4(2)7(3,5(8)9)6(10)11/h4H,1-3H3,(H2,8,9)(H,10,11)/t7-/m0/s1. The van der Waals surface area contributed by atoms with Gasteiger partial charge in [0.15, 0.2) is 0 Å². The second-order valence-corrected chi connectivity index (χ2v) is 3.03. The molecule has 0 aliphatic heterocycles. The number of nitrogens with two attached hydrogens (primary N) is 1. The summed E-state index contributed by atoms with van der Waals surface area (Å²) in [6, 6.07) is 0. The van der Waals surface area contributed by atoms with E-state index < -0.39 is 17.3 Å². The van der Waals surface area contributed by atoms with Crippen molar-refractivity contribution in [2.75, 3.05) is 0 Å². The zero-order valence-electron chi connectivity index (χ0n) is 6.92. The third kappa shape index (κ3) is 1.50. The van der Waals surface area contributed by atoms with Crippen molar-refractivity contribution in [1.29, 1.82) is 0 Å². The topological polar surface area (TPSA) is 80.4 Å². The maximum absolute atomic E-state index is 10.7. The van der Waals surface area contributed by atoms with Gasteiger partial charge in [0, 0.05) is 0 Å². The minimum Gasteiger partial charge on any atom is -0.480 e. The number of hydrogen-bond acceptors (Lipinski definition) is 2. The van der Waals surface area contributed by atoms with Crippen LogP contribution in [-0.2, 0) is 9.59 Å². The minimum atomic E-state index is -1.44. The first-order valence-electron chi connectivity index (χ1n) is 3.36. The van der Waals surface area contributed by atoms with Gasteiger partial charge in [0.25, 0.3) is 0 Å². The zero-order chi connectivity index (χ0) is 9.23. The van der Waals surface area contributed by atoms with Crippen LogP contribution in [0.3, 0.4) is 0 Å². The van der Waals surface area contributed by atoms with Crippen LogP contribution in [0.1, 0.15) is 20.8 Å². The maximum atomic E-state index is 10.7. The third-order valence-electron chi connectivity index (χ3n) is 2.11. The number of carboxylic acids is 1. The summed E-state index contributed by atoms with van der Waals surface area (Å²) in [6.45, 7) is 4.64. The van der Waals surface area contributed by atoms with Crippen LogP contribution in [0.4, 0.5) is 0 Å². The first-order chi connectivity index (χ1) is 4.83. The van der Waals surface area contributed by atoms with Crippen molar-refractivity contribution in [2.24, 2.45) is 17.1 Å². The fourth-order valence-corrected chi connectivity index (χ4v) is 0.637. The summed E-state index contributed by atoms with van der Waals surface area (Å²) in [6.07, 6.45) is 0. The Labute approximate surface area is 65.4 Å². The highest BCUT2D eigenvalue weighted by atomic mass is 16.4. The molecule has 0 bridgehead atoms. The molecule has 0 heterocycles. The van der Waals surface area contributed by atoms with Gasteiger partial charge in [-0.05, 0) is 12.8 Å². The number of aliphatic carboxylic acids is 1. The van der Waals surface area contributed by atoms with Crippen LogP contribution in [0, 0.1) is 11.3 Å². The highest BCUT2D eigenvalue weighted by Crippen LogP contribution is 2.26. The van der Waals surface area contributed by atoms with E-state index in [0.29, 0.717) is 0 Å². The Balaban J connectivity index is 4.82. The lowest BCUT2D eigenvalue weighted by Crippen LogP contribution is -2.45. The Kier molecular flexibility index (Phi) is 2.62. The van der Waals surface area contributed by atoms with Crippen LogP contribution < -0.4 is 5.73 Å². The van der Waals surface area contributed by atoms with Gasteiger partial charge in [-0.15, -0.1) is 0 Å². The Morgan fingerprint density at radius 3 is 1.82 bits per heavy atom. The van der Waals surface area contributed by atoms with Crippen molar-refractivity contribution >= 4 is 11.9 Å². The summed E-state index contributed by atoms with van der Waals surface area (Å²) in [5.41, 5.74) is 3.51.